The van der Waals surface area contributed by atoms with Crippen molar-refractivity contribution >= 4 is 5.69 Å². The molecule has 0 atom stereocenters. The van der Waals surface area contributed by atoms with Gasteiger partial charge >= 0.3 is 0 Å². The highest BCUT2D eigenvalue weighted by Crippen LogP contribution is 2.23. The van der Waals surface area contributed by atoms with E-state index in [1.165, 1.54) is 0 Å². The molecule has 3 heteroatoms. The Kier molecular flexibility index (Phi) is 4.75. The summed E-state index contributed by atoms with van der Waals surface area (Å²) in [6, 6.07) is 8.19. The van der Waals surface area contributed by atoms with Crippen LogP contribution in [0.5, 0.6) is 0 Å². The van der Waals surface area contributed by atoms with Crippen molar-refractivity contribution in [3.63, 3.8) is 0 Å². The quantitative estimate of drug-likeness (QED) is 0.867. The molecule has 0 amide bonds. The Bertz CT molecular complexity index is 444. The van der Waals surface area contributed by atoms with Crippen molar-refractivity contribution in [3.8, 4) is 6.07 Å². The first-order valence-corrected chi connectivity index (χ1v) is 6.39. The number of nitriles is 1. The lowest BCUT2D eigenvalue weighted by molar-refractivity contribution is 0.380. The highest BCUT2D eigenvalue weighted by atomic mass is 15.1. The zero-order valence-electron chi connectivity index (χ0n) is 11.8. The van der Waals surface area contributed by atoms with Crippen LogP contribution in [0.2, 0.25) is 0 Å². The van der Waals surface area contributed by atoms with Crippen LogP contribution in [0.15, 0.2) is 18.2 Å². The van der Waals surface area contributed by atoms with E-state index in [1.54, 1.807) is 0 Å². The lowest BCUT2D eigenvalue weighted by Gasteiger charge is -2.33. The van der Waals surface area contributed by atoms with Crippen LogP contribution in [-0.2, 0) is 0 Å². The molecule has 0 heterocycles. The lowest BCUT2D eigenvalue weighted by atomic mass is 9.92. The molecule has 0 saturated heterocycles. The minimum atomic E-state index is 0.0951. The highest BCUT2D eigenvalue weighted by molar-refractivity contribution is 5.53. The predicted octanol–water partition coefficient (Wildman–Crippen LogP) is 2.68. The fourth-order valence-electron chi connectivity index (χ4n) is 1.94. The summed E-state index contributed by atoms with van der Waals surface area (Å²) in [5.74, 6) is 0. The van der Waals surface area contributed by atoms with Crippen LogP contribution in [0.4, 0.5) is 5.69 Å². The van der Waals surface area contributed by atoms with Crippen LogP contribution in [0.25, 0.3) is 0 Å². The summed E-state index contributed by atoms with van der Waals surface area (Å²) in [5.41, 5.74) is 8.82. The molecule has 2 N–H and O–H groups in total. The standard InChI is InChI=1S/C15H23N3/c1-5-18(11-15(3,4)10-17)14-7-6-13(9-16)12(2)8-14/h6-8H,5,10-11,17H2,1-4H3. The van der Waals surface area contributed by atoms with E-state index >= 15 is 0 Å². The molecule has 0 aliphatic rings. The third-order valence-corrected chi connectivity index (χ3v) is 3.25. The van der Waals surface area contributed by atoms with Crippen LogP contribution in [-0.4, -0.2) is 19.6 Å². The van der Waals surface area contributed by atoms with Gasteiger partial charge < -0.3 is 10.6 Å². The average molecular weight is 245 g/mol. The first-order chi connectivity index (χ1) is 8.43. The molecule has 0 aliphatic carbocycles. The summed E-state index contributed by atoms with van der Waals surface area (Å²) < 4.78 is 0. The van der Waals surface area contributed by atoms with Crippen molar-refractivity contribution in [2.45, 2.75) is 27.7 Å². The SMILES string of the molecule is CCN(CC(C)(C)CN)c1ccc(C#N)c(C)c1. The molecule has 3 nitrogen and oxygen atoms in total. The van der Waals surface area contributed by atoms with Gasteiger partial charge in [-0.1, -0.05) is 13.8 Å². The van der Waals surface area contributed by atoms with E-state index in [1.807, 2.05) is 19.1 Å². The molecule has 0 bridgehead atoms. The summed E-state index contributed by atoms with van der Waals surface area (Å²) in [6.07, 6.45) is 0. The van der Waals surface area contributed by atoms with Gasteiger partial charge in [0.1, 0.15) is 0 Å². The summed E-state index contributed by atoms with van der Waals surface area (Å²) in [4.78, 5) is 2.31. The molecule has 0 aliphatic heterocycles. The van der Waals surface area contributed by atoms with Crippen LogP contribution >= 0.6 is 0 Å². The highest BCUT2D eigenvalue weighted by Gasteiger charge is 2.19. The van der Waals surface area contributed by atoms with Crippen LogP contribution in [0.1, 0.15) is 31.9 Å². The molecule has 0 aromatic heterocycles. The Morgan fingerprint density at radius 3 is 2.50 bits per heavy atom. The Hall–Kier alpha value is -1.53. The second-order valence-corrected chi connectivity index (χ2v) is 5.49. The molecule has 0 unspecified atom stereocenters. The Morgan fingerprint density at radius 1 is 1.39 bits per heavy atom. The van der Waals surface area contributed by atoms with Crippen LogP contribution in [0.3, 0.4) is 0 Å². The summed E-state index contributed by atoms with van der Waals surface area (Å²) in [5, 5.41) is 8.95. The van der Waals surface area contributed by atoms with Gasteiger partial charge in [-0.05, 0) is 49.6 Å². The zero-order chi connectivity index (χ0) is 13.8. The topological polar surface area (TPSA) is 53.0 Å². The number of benzene rings is 1. The maximum Gasteiger partial charge on any atom is 0.0994 e. The summed E-state index contributed by atoms with van der Waals surface area (Å²) >= 11 is 0. The van der Waals surface area contributed by atoms with Crippen molar-refractivity contribution in [3.05, 3.63) is 29.3 Å². The van der Waals surface area contributed by atoms with E-state index in [-0.39, 0.29) is 5.41 Å². The van der Waals surface area contributed by atoms with Crippen molar-refractivity contribution < 1.29 is 0 Å². The minimum Gasteiger partial charge on any atom is -0.371 e. The van der Waals surface area contributed by atoms with Crippen molar-refractivity contribution in [1.82, 2.24) is 0 Å². The van der Waals surface area contributed by atoms with Gasteiger partial charge in [-0.2, -0.15) is 5.26 Å². The van der Waals surface area contributed by atoms with E-state index < -0.39 is 0 Å². The second kappa shape index (κ2) is 5.88. The molecule has 0 radical (unpaired) electrons. The van der Waals surface area contributed by atoms with Gasteiger partial charge in [-0.25, -0.2) is 0 Å². The van der Waals surface area contributed by atoms with E-state index in [0.717, 1.165) is 29.9 Å². The maximum absolute atomic E-state index is 8.95. The van der Waals surface area contributed by atoms with Crippen LogP contribution < -0.4 is 10.6 Å². The molecule has 0 fully saturated rings. The predicted molar refractivity (Wildman–Crippen MR) is 76.6 cm³/mol. The number of hydrogen-bond donors (Lipinski definition) is 1. The normalized spacial score (nSPS) is 11.1. The Labute approximate surface area is 110 Å². The second-order valence-electron chi connectivity index (χ2n) is 5.49. The third kappa shape index (κ3) is 3.48. The summed E-state index contributed by atoms with van der Waals surface area (Å²) in [7, 11) is 0. The minimum absolute atomic E-state index is 0.0951. The largest absolute Gasteiger partial charge is 0.371 e. The number of rotatable bonds is 5. The molecule has 1 aromatic carbocycles. The molecule has 0 saturated carbocycles. The number of aryl methyl sites for hydroxylation is 1. The third-order valence-electron chi connectivity index (χ3n) is 3.25. The van der Waals surface area contributed by atoms with Crippen molar-refractivity contribution in [1.29, 1.82) is 5.26 Å². The maximum atomic E-state index is 8.95. The molecule has 18 heavy (non-hydrogen) atoms. The molecular formula is C15H23N3. The van der Waals surface area contributed by atoms with Gasteiger partial charge in [-0.3, -0.25) is 0 Å². The molecular weight excluding hydrogens is 222 g/mol. The fraction of sp³-hybridized carbons (Fsp3) is 0.533. The van der Waals surface area contributed by atoms with Gasteiger partial charge in [0.2, 0.25) is 0 Å². The van der Waals surface area contributed by atoms with Gasteiger partial charge in [0.25, 0.3) is 0 Å². The number of anilines is 1. The van der Waals surface area contributed by atoms with Gasteiger partial charge in [0.05, 0.1) is 11.6 Å². The average Bonchev–Trinajstić information content (AvgIpc) is 2.36. The van der Waals surface area contributed by atoms with Gasteiger partial charge in [0.15, 0.2) is 0 Å². The van der Waals surface area contributed by atoms with Crippen molar-refractivity contribution in [2.75, 3.05) is 24.5 Å². The van der Waals surface area contributed by atoms with Crippen molar-refractivity contribution in [2.24, 2.45) is 11.1 Å². The zero-order valence-corrected chi connectivity index (χ0v) is 11.8. The number of nitrogens with two attached hydrogens (primary N) is 1. The van der Waals surface area contributed by atoms with Crippen LogP contribution in [0, 0.1) is 23.7 Å². The van der Waals surface area contributed by atoms with E-state index in [9.17, 15) is 0 Å². The number of hydrogen-bond acceptors (Lipinski definition) is 3. The fourth-order valence-corrected chi connectivity index (χ4v) is 1.94. The Morgan fingerprint density at radius 2 is 2.06 bits per heavy atom. The summed E-state index contributed by atoms with van der Waals surface area (Å²) in [6.45, 7) is 11.0. The van der Waals surface area contributed by atoms with E-state index in [2.05, 4.69) is 37.8 Å². The molecule has 1 aromatic rings. The molecule has 0 spiro atoms. The monoisotopic (exact) mass is 245 g/mol. The first kappa shape index (κ1) is 14.5. The van der Waals surface area contributed by atoms with Gasteiger partial charge in [-0.15, -0.1) is 0 Å². The van der Waals surface area contributed by atoms with Gasteiger partial charge in [0, 0.05) is 18.8 Å². The lowest BCUT2D eigenvalue weighted by Crippen LogP contribution is -2.38. The molecule has 1 rings (SSSR count). The first-order valence-electron chi connectivity index (χ1n) is 6.39. The van der Waals surface area contributed by atoms with E-state index in [0.29, 0.717) is 6.54 Å². The smallest absolute Gasteiger partial charge is 0.0994 e. The number of nitrogens with zero attached hydrogens (tertiary/aromatic N) is 2. The molecule has 98 valence electrons. The van der Waals surface area contributed by atoms with E-state index in [4.69, 9.17) is 11.0 Å². The Balaban J connectivity index is 2.96.